The standard InChI is InChI=1S/C9H7F4NO2/c1-4-2-6(10)7(16-8(14)15)3-5(4)9(11,12)13/h2-3H,1H3,(H2,14,15). The van der Waals surface area contributed by atoms with Gasteiger partial charge in [0.05, 0.1) is 5.56 Å². The molecule has 0 aliphatic rings. The zero-order valence-electron chi connectivity index (χ0n) is 8.06. The summed E-state index contributed by atoms with van der Waals surface area (Å²) in [5.41, 5.74) is 3.20. The van der Waals surface area contributed by atoms with Gasteiger partial charge in [0.2, 0.25) is 0 Å². The summed E-state index contributed by atoms with van der Waals surface area (Å²) in [7, 11) is 0. The van der Waals surface area contributed by atoms with Crippen LogP contribution in [0.2, 0.25) is 0 Å². The van der Waals surface area contributed by atoms with Crippen molar-refractivity contribution in [3.8, 4) is 5.75 Å². The lowest BCUT2D eigenvalue weighted by molar-refractivity contribution is -0.138. The van der Waals surface area contributed by atoms with Gasteiger partial charge >= 0.3 is 12.3 Å². The molecule has 0 saturated carbocycles. The van der Waals surface area contributed by atoms with Gasteiger partial charge in [0.25, 0.3) is 0 Å². The van der Waals surface area contributed by atoms with Crippen LogP contribution >= 0.6 is 0 Å². The largest absolute Gasteiger partial charge is 0.416 e. The van der Waals surface area contributed by atoms with E-state index in [4.69, 9.17) is 0 Å². The first-order valence-electron chi connectivity index (χ1n) is 4.06. The SMILES string of the molecule is Cc1cc(F)c(OC(N)=O)cc1C(F)(F)F. The normalized spacial score (nSPS) is 11.3. The third-order valence-electron chi connectivity index (χ3n) is 1.79. The summed E-state index contributed by atoms with van der Waals surface area (Å²) in [6, 6.07) is 1.02. The highest BCUT2D eigenvalue weighted by molar-refractivity contribution is 5.68. The second-order valence-electron chi connectivity index (χ2n) is 3.02. The van der Waals surface area contributed by atoms with Crippen LogP contribution in [0.5, 0.6) is 5.75 Å². The van der Waals surface area contributed by atoms with Gasteiger partial charge in [-0.2, -0.15) is 13.2 Å². The summed E-state index contributed by atoms with van der Waals surface area (Å²) in [4.78, 5) is 10.3. The average molecular weight is 237 g/mol. The second kappa shape index (κ2) is 3.99. The van der Waals surface area contributed by atoms with Gasteiger partial charge < -0.3 is 10.5 Å². The first-order valence-corrected chi connectivity index (χ1v) is 4.06. The number of benzene rings is 1. The van der Waals surface area contributed by atoms with Gasteiger partial charge in [0.15, 0.2) is 11.6 Å². The molecule has 1 rings (SSSR count). The van der Waals surface area contributed by atoms with Gasteiger partial charge in [-0.3, -0.25) is 0 Å². The summed E-state index contributed by atoms with van der Waals surface area (Å²) >= 11 is 0. The Morgan fingerprint density at radius 3 is 2.38 bits per heavy atom. The highest BCUT2D eigenvalue weighted by atomic mass is 19.4. The molecule has 0 bridgehead atoms. The Hall–Kier alpha value is -1.79. The smallest absolute Gasteiger partial charge is 0.407 e. The van der Waals surface area contributed by atoms with Gasteiger partial charge in [-0.05, 0) is 24.6 Å². The molecule has 1 aromatic rings. The molecule has 0 atom stereocenters. The van der Waals surface area contributed by atoms with Gasteiger partial charge in [-0.1, -0.05) is 0 Å². The summed E-state index contributed by atoms with van der Waals surface area (Å²) < 4.78 is 54.4. The number of alkyl halides is 3. The van der Waals surface area contributed by atoms with Gasteiger partial charge in [0.1, 0.15) is 0 Å². The molecule has 1 aromatic carbocycles. The molecule has 0 aliphatic carbocycles. The van der Waals surface area contributed by atoms with Crippen molar-refractivity contribution in [2.75, 3.05) is 0 Å². The van der Waals surface area contributed by atoms with E-state index in [1.807, 2.05) is 0 Å². The highest BCUT2D eigenvalue weighted by Gasteiger charge is 2.33. The predicted molar refractivity (Wildman–Crippen MR) is 46.4 cm³/mol. The number of hydrogen-bond acceptors (Lipinski definition) is 2. The van der Waals surface area contributed by atoms with Crippen molar-refractivity contribution < 1.29 is 27.1 Å². The Kier molecular flexibility index (Phi) is 3.06. The van der Waals surface area contributed by atoms with Crippen molar-refractivity contribution in [3.63, 3.8) is 0 Å². The first-order chi connectivity index (χ1) is 7.21. The Morgan fingerprint density at radius 2 is 1.94 bits per heavy atom. The Balaban J connectivity index is 3.27. The fourth-order valence-corrected chi connectivity index (χ4v) is 1.14. The number of rotatable bonds is 1. The fourth-order valence-electron chi connectivity index (χ4n) is 1.14. The molecule has 1 amide bonds. The predicted octanol–water partition coefficient (Wildman–Crippen LogP) is 2.61. The minimum absolute atomic E-state index is 0.304. The van der Waals surface area contributed by atoms with E-state index in [-0.39, 0.29) is 5.56 Å². The van der Waals surface area contributed by atoms with Crippen LogP contribution in [0, 0.1) is 12.7 Å². The highest BCUT2D eigenvalue weighted by Crippen LogP contribution is 2.35. The van der Waals surface area contributed by atoms with Crippen LogP contribution in [-0.4, -0.2) is 6.09 Å². The van der Waals surface area contributed by atoms with Gasteiger partial charge in [0, 0.05) is 0 Å². The zero-order chi connectivity index (χ0) is 12.5. The van der Waals surface area contributed by atoms with E-state index in [0.717, 1.165) is 6.92 Å². The third-order valence-corrected chi connectivity index (χ3v) is 1.79. The minimum atomic E-state index is -4.65. The van der Waals surface area contributed by atoms with Crippen molar-refractivity contribution in [1.29, 1.82) is 0 Å². The number of halogens is 4. The summed E-state index contributed by atoms with van der Waals surface area (Å²) in [5, 5.41) is 0. The monoisotopic (exact) mass is 237 g/mol. The lowest BCUT2D eigenvalue weighted by atomic mass is 10.1. The molecule has 0 radical (unpaired) electrons. The topological polar surface area (TPSA) is 52.3 Å². The lowest BCUT2D eigenvalue weighted by Gasteiger charge is -2.12. The van der Waals surface area contributed by atoms with Crippen molar-refractivity contribution in [2.24, 2.45) is 5.73 Å². The Morgan fingerprint density at radius 1 is 1.38 bits per heavy atom. The number of aryl methyl sites for hydroxylation is 1. The molecule has 0 spiro atoms. The van der Waals surface area contributed by atoms with Crippen LogP contribution in [-0.2, 0) is 6.18 Å². The van der Waals surface area contributed by atoms with Gasteiger partial charge in [-0.15, -0.1) is 0 Å². The molecule has 3 nitrogen and oxygen atoms in total. The second-order valence-corrected chi connectivity index (χ2v) is 3.02. The van der Waals surface area contributed by atoms with E-state index < -0.39 is 29.4 Å². The van der Waals surface area contributed by atoms with E-state index in [2.05, 4.69) is 10.5 Å². The Bertz CT molecular complexity index is 428. The summed E-state index contributed by atoms with van der Waals surface area (Å²) in [6.07, 6.45) is -6.02. The van der Waals surface area contributed by atoms with Crippen molar-refractivity contribution in [3.05, 3.63) is 29.1 Å². The van der Waals surface area contributed by atoms with Crippen LogP contribution < -0.4 is 10.5 Å². The summed E-state index contributed by atoms with van der Waals surface area (Å²) in [5.74, 6) is -1.92. The van der Waals surface area contributed by atoms with Crippen molar-refractivity contribution in [2.45, 2.75) is 13.1 Å². The molecule has 0 heterocycles. The first kappa shape index (κ1) is 12.3. The van der Waals surface area contributed by atoms with Crippen molar-refractivity contribution >= 4 is 6.09 Å². The molecule has 88 valence electrons. The molecule has 0 aliphatic heterocycles. The number of amides is 1. The molecule has 0 fully saturated rings. The third kappa shape index (κ3) is 2.62. The van der Waals surface area contributed by atoms with E-state index in [1.165, 1.54) is 0 Å². The molecule has 0 unspecified atom stereocenters. The van der Waals surface area contributed by atoms with E-state index >= 15 is 0 Å². The molecule has 2 N–H and O–H groups in total. The van der Waals surface area contributed by atoms with Crippen LogP contribution in [0.3, 0.4) is 0 Å². The van der Waals surface area contributed by atoms with Crippen LogP contribution in [0.4, 0.5) is 22.4 Å². The molecule has 16 heavy (non-hydrogen) atoms. The van der Waals surface area contributed by atoms with E-state index in [9.17, 15) is 22.4 Å². The number of nitrogens with two attached hydrogens (primary N) is 1. The van der Waals surface area contributed by atoms with Crippen molar-refractivity contribution in [1.82, 2.24) is 0 Å². The van der Waals surface area contributed by atoms with E-state index in [0.29, 0.717) is 12.1 Å². The molecule has 0 saturated heterocycles. The zero-order valence-corrected chi connectivity index (χ0v) is 8.06. The van der Waals surface area contributed by atoms with Gasteiger partial charge in [-0.25, -0.2) is 9.18 Å². The maximum Gasteiger partial charge on any atom is 0.416 e. The fraction of sp³-hybridized carbons (Fsp3) is 0.222. The molecular formula is C9H7F4NO2. The average Bonchev–Trinajstić information content (AvgIpc) is 2.06. The minimum Gasteiger partial charge on any atom is -0.407 e. The van der Waals surface area contributed by atoms with E-state index in [1.54, 1.807) is 0 Å². The lowest BCUT2D eigenvalue weighted by Crippen LogP contribution is -2.18. The number of primary amides is 1. The summed E-state index contributed by atoms with van der Waals surface area (Å²) in [6.45, 7) is 1.10. The van der Waals surface area contributed by atoms with Crippen LogP contribution in [0.1, 0.15) is 11.1 Å². The maximum atomic E-state index is 13.1. The molecule has 7 heteroatoms. The number of carbonyl (C=O) groups excluding carboxylic acids is 1. The number of hydrogen-bond donors (Lipinski definition) is 1. The Labute approximate surface area is 87.8 Å². The molecule has 0 aromatic heterocycles. The number of carbonyl (C=O) groups is 1. The van der Waals surface area contributed by atoms with Crippen LogP contribution in [0.25, 0.3) is 0 Å². The quantitative estimate of drug-likeness (QED) is 0.763. The maximum absolute atomic E-state index is 13.1. The molecular weight excluding hydrogens is 230 g/mol. The van der Waals surface area contributed by atoms with Crippen LogP contribution in [0.15, 0.2) is 12.1 Å². The number of ether oxygens (including phenoxy) is 1.